The molecule has 0 aliphatic heterocycles. The maximum atomic E-state index is 12.8. The van der Waals surface area contributed by atoms with E-state index >= 15 is 0 Å². The van der Waals surface area contributed by atoms with Crippen LogP contribution in [0.15, 0.2) is 24.3 Å². The van der Waals surface area contributed by atoms with Crippen LogP contribution in [0.2, 0.25) is 0 Å². The van der Waals surface area contributed by atoms with Gasteiger partial charge in [0.2, 0.25) is 0 Å². The molecule has 0 aliphatic rings. The monoisotopic (exact) mass is 990 g/mol. The predicted octanol–water partition coefficient (Wildman–Crippen LogP) is 16.2. The van der Waals surface area contributed by atoms with Gasteiger partial charge in [-0.25, -0.2) is 0 Å². The third-order valence-corrected chi connectivity index (χ3v) is 13.5. The van der Waals surface area contributed by atoms with Crippen molar-refractivity contribution < 1.29 is 42.9 Å². The van der Waals surface area contributed by atoms with Gasteiger partial charge >= 0.3 is 11.9 Å². The summed E-state index contributed by atoms with van der Waals surface area (Å²) in [6.07, 6.45) is 59.6. The highest BCUT2D eigenvalue weighted by molar-refractivity contribution is 5.70. The summed E-state index contributed by atoms with van der Waals surface area (Å²) in [6.45, 7) is 4.75. The molecule has 9 heteroatoms. The fourth-order valence-corrected chi connectivity index (χ4v) is 8.80. The number of aliphatic carboxylic acids is 1. The van der Waals surface area contributed by atoms with E-state index in [2.05, 4.69) is 38.2 Å². The molecule has 0 fully saturated rings. The average Bonchev–Trinajstić information content (AvgIpc) is 3.33. The molecule has 0 spiro atoms. The first-order valence-corrected chi connectivity index (χ1v) is 30.0. The zero-order chi connectivity index (χ0) is 51.3. The van der Waals surface area contributed by atoms with E-state index in [1.54, 1.807) is 0 Å². The number of unbranched alkanes of at least 4 members (excludes halogenated alkanes) is 37. The second-order valence-corrected chi connectivity index (χ2v) is 21.6. The van der Waals surface area contributed by atoms with Crippen molar-refractivity contribution in [3.05, 3.63) is 24.3 Å². The van der Waals surface area contributed by atoms with E-state index in [1.807, 2.05) is 21.1 Å². The van der Waals surface area contributed by atoms with Crippen LogP contribution in [0, 0.1) is 0 Å². The van der Waals surface area contributed by atoms with Crippen molar-refractivity contribution in [2.45, 2.75) is 302 Å². The number of rotatable bonds is 56. The van der Waals surface area contributed by atoms with Crippen LogP contribution in [0.1, 0.15) is 290 Å². The number of allylic oxidation sites excluding steroid dienone is 4. The van der Waals surface area contributed by atoms with Crippen LogP contribution in [0.5, 0.6) is 0 Å². The molecule has 0 saturated carbocycles. The SMILES string of the molecule is CCCCC/C=C\C/C=C\CCCCCCCC(=O)OC(COC(=O)CCCCCCCCCCCCCCCCCCCCCCCCCCCCCCCC)COC(OCC[N+](C)(C)C)C(=O)[O-]. The lowest BCUT2D eigenvalue weighted by molar-refractivity contribution is -0.870. The van der Waals surface area contributed by atoms with Gasteiger partial charge in [-0.05, 0) is 44.9 Å². The Hall–Kier alpha value is -2.23. The Kier molecular flexibility index (Phi) is 51.4. The number of quaternary nitrogens is 1. The molecule has 70 heavy (non-hydrogen) atoms. The largest absolute Gasteiger partial charge is 0.545 e. The quantitative estimate of drug-likeness (QED) is 0.0195. The Balaban J connectivity index is 4.07. The van der Waals surface area contributed by atoms with Crippen LogP contribution in [-0.2, 0) is 33.3 Å². The summed E-state index contributed by atoms with van der Waals surface area (Å²) >= 11 is 0. The van der Waals surface area contributed by atoms with E-state index in [9.17, 15) is 19.5 Å². The van der Waals surface area contributed by atoms with E-state index in [1.165, 1.54) is 199 Å². The third-order valence-electron chi connectivity index (χ3n) is 13.5. The molecule has 0 N–H and O–H groups in total. The molecule has 0 bridgehead atoms. The standard InChI is InChI=1S/C61H115NO8/c1-6-8-10-12-14-16-18-20-22-23-24-25-26-27-28-29-30-31-32-33-34-35-36-38-39-41-43-45-47-49-51-58(63)68-55-57(56-69-61(60(65)66)67-54-53-62(3,4)5)70-59(64)52-50-48-46-44-42-40-37-21-19-17-15-13-11-9-7-2/h15,17,21,37,57,61H,6-14,16,18-20,22-36,38-56H2,1-5H3/b17-15-,37-21-. The molecule has 2 atom stereocenters. The molecular formula is C61H115NO8. The van der Waals surface area contributed by atoms with Crippen molar-refractivity contribution in [2.24, 2.45) is 0 Å². The van der Waals surface area contributed by atoms with Crippen LogP contribution < -0.4 is 5.11 Å². The predicted molar refractivity (Wildman–Crippen MR) is 293 cm³/mol. The molecule has 0 rings (SSSR count). The van der Waals surface area contributed by atoms with E-state index < -0.39 is 24.3 Å². The lowest BCUT2D eigenvalue weighted by Gasteiger charge is -2.26. The van der Waals surface area contributed by atoms with Crippen LogP contribution in [0.3, 0.4) is 0 Å². The van der Waals surface area contributed by atoms with Crippen molar-refractivity contribution in [3.8, 4) is 0 Å². The first-order chi connectivity index (χ1) is 34.1. The summed E-state index contributed by atoms with van der Waals surface area (Å²) in [5, 5.41) is 11.8. The highest BCUT2D eigenvalue weighted by Crippen LogP contribution is 2.18. The Morgan fingerprint density at radius 2 is 0.771 bits per heavy atom. The number of nitrogens with zero attached hydrogens (tertiary/aromatic N) is 1. The summed E-state index contributed by atoms with van der Waals surface area (Å²) in [5.41, 5.74) is 0. The normalized spacial score (nSPS) is 12.9. The number of carbonyl (C=O) groups excluding carboxylic acids is 3. The second-order valence-electron chi connectivity index (χ2n) is 21.6. The number of hydrogen-bond acceptors (Lipinski definition) is 8. The van der Waals surface area contributed by atoms with Gasteiger partial charge in [-0.2, -0.15) is 0 Å². The molecule has 0 aromatic heterocycles. The van der Waals surface area contributed by atoms with Gasteiger partial charge in [0, 0.05) is 12.8 Å². The van der Waals surface area contributed by atoms with Crippen molar-refractivity contribution in [2.75, 3.05) is 47.5 Å². The summed E-state index contributed by atoms with van der Waals surface area (Å²) in [5.74, 6) is -2.28. The number of esters is 2. The van der Waals surface area contributed by atoms with Crippen molar-refractivity contribution in [3.63, 3.8) is 0 Å². The first kappa shape index (κ1) is 67.8. The molecule has 0 aromatic carbocycles. The zero-order valence-corrected chi connectivity index (χ0v) is 46.9. The molecule has 0 saturated heterocycles. The first-order valence-electron chi connectivity index (χ1n) is 30.0. The Morgan fingerprint density at radius 1 is 0.429 bits per heavy atom. The Morgan fingerprint density at radius 3 is 1.16 bits per heavy atom. The third kappa shape index (κ3) is 53.6. The molecule has 9 nitrogen and oxygen atoms in total. The van der Waals surface area contributed by atoms with Crippen molar-refractivity contribution in [1.29, 1.82) is 0 Å². The molecule has 2 unspecified atom stereocenters. The van der Waals surface area contributed by atoms with E-state index in [4.69, 9.17) is 18.9 Å². The number of carboxylic acid groups (broad SMARTS) is 1. The summed E-state index contributed by atoms with van der Waals surface area (Å²) < 4.78 is 22.7. The minimum absolute atomic E-state index is 0.147. The van der Waals surface area contributed by atoms with Gasteiger partial charge in [-0.15, -0.1) is 0 Å². The molecule has 0 aromatic rings. The number of likely N-dealkylation sites (N-methyl/N-ethyl adjacent to an activating group) is 1. The maximum absolute atomic E-state index is 12.8. The topological polar surface area (TPSA) is 111 Å². The van der Waals surface area contributed by atoms with Crippen molar-refractivity contribution in [1.82, 2.24) is 0 Å². The molecule has 412 valence electrons. The molecule has 0 heterocycles. The van der Waals surface area contributed by atoms with E-state index in [-0.39, 0.29) is 32.2 Å². The minimum Gasteiger partial charge on any atom is -0.545 e. The van der Waals surface area contributed by atoms with Gasteiger partial charge < -0.3 is 33.3 Å². The zero-order valence-electron chi connectivity index (χ0n) is 46.9. The Labute approximate surface area is 433 Å². The van der Waals surface area contributed by atoms with Crippen LogP contribution in [0.4, 0.5) is 0 Å². The van der Waals surface area contributed by atoms with Gasteiger partial charge in [-0.3, -0.25) is 9.59 Å². The van der Waals surface area contributed by atoms with Crippen molar-refractivity contribution >= 4 is 17.9 Å². The molecule has 0 aliphatic carbocycles. The van der Waals surface area contributed by atoms with Crippen LogP contribution in [0.25, 0.3) is 0 Å². The number of ether oxygens (including phenoxy) is 4. The molecular weight excluding hydrogens is 875 g/mol. The number of carbonyl (C=O) groups is 3. The fraction of sp³-hybridized carbons (Fsp3) is 0.885. The van der Waals surface area contributed by atoms with Gasteiger partial charge in [0.1, 0.15) is 13.2 Å². The second kappa shape index (κ2) is 53.1. The average molecular weight is 991 g/mol. The smallest absolute Gasteiger partial charge is 0.306 e. The van der Waals surface area contributed by atoms with Gasteiger partial charge in [-0.1, -0.05) is 256 Å². The fourth-order valence-electron chi connectivity index (χ4n) is 8.80. The summed E-state index contributed by atoms with van der Waals surface area (Å²) in [7, 11) is 5.92. The minimum atomic E-state index is -1.62. The maximum Gasteiger partial charge on any atom is 0.306 e. The molecule has 0 radical (unpaired) electrons. The molecule has 0 amide bonds. The number of carboxylic acids is 1. The van der Waals surface area contributed by atoms with E-state index in [0.717, 1.165) is 57.8 Å². The highest BCUT2D eigenvalue weighted by Gasteiger charge is 2.22. The highest BCUT2D eigenvalue weighted by atomic mass is 16.7. The van der Waals surface area contributed by atoms with Gasteiger partial charge in [0.05, 0.1) is 40.3 Å². The van der Waals surface area contributed by atoms with Gasteiger partial charge in [0.15, 0.2) is 12.4 Å². The Bertz CT molecular complexity index is 1200. The number of hydrogen-bond donors (Lipinski definition) is 0. The summed E-state index contributed by atoms with van der Waals surface area (Å²) in [6, 6.07) is 0. The van der Waals surface area contributed by atoms with E-state index in [0.29, 0.717) is 23.9 Å². The van der Waals surface area contributed by atoms with Crippen LogP contribution in [-0.4, -0.2) is 82.3 Å². The lowest BCUT2D eigenvalue weighted by Crippen LogP contribution is -2.44. The lowest BCUT2D eigenvalue weighted by atomic mass is 10.0. The van der Waals surface area contributed by atoms with Gasteiger partial charge in [0.25, 0.3) is 0 Å². The summed E-state index contributed by atoms with van der Waals surface area (Å²) in [4.78, 5) is 37.2. The van der Waals surface area contributed by atoms with Crippen LogP contribution >= 0.6 is 0 Å².